The Balaban J connectivity index is 2.14. The fraction of sp³-hybridized carbons (Fsp3) is 0.250. The summed E-state index contributed by atoms with van der Waals surface area (Å²) in [5, 5.41) is 16.3. The molecule has 3 atom stereocenters. The molecule has 3 rings (SSSR count). The topological polar surface area (TPSA) is 61.4 Å². The average Bonchev–Trinajstić information content (AvgIpc) is 3.08. The van der Waals surface area contributed by atoms with Gasteiger partial charge in [-0.25, -0.2) is 0 Å². The Morgan fingerprint density at radius 2 is 1.88 bits per heavy atom. The van der Waals surface area contributed by atoms with Gasteiger partial charge in [0.05, 0.1) is 6.04 Å². The van der Waals surface area contributed by atoms with E-state index in [0.717, 1.165) is 0 Å². The van der Waals surface area contributed by atoms with Crippen molar-refractivity contribution in [1.82, 2.24) is 10.6 Å². The maximum absolute atomic E-state index is 13.7. The predicted molar refractivity (Wildman–Crippen MR) is 91.2 cm³/mol. The van der Waals surface area contributed by atoms with Gasteiger partial charge in [-0.1, -0.05) is 36.4 Å². The van der Waals surface area contributed by atoms with Gasteiger partial charge in [-0.3, -0.25) is 4.79 Å². The number of hydrogen-bond acceptors (Lipinski definition) is 4. The predicted octanol–water partition coefficient (Wildman–Crippen LogP) is 3.02. The summed E-state index contributed by atoms with van der Waals surface area (Å²) in [6.07, 6.45) is -5.11. The number of carbonyl (C=O) groups excluding carboxylic acids is 1. The van der Waals surface area contributed by atoms with Crippen LogP contribution in [0.5, 0.6) is 0 Å². The first-order valence-electron chi connectivity index (χ1n) is 7.24. The van der Waals surface area contributed by atoms with Crippen LogP contribution >= 0.6 is 23.6 Å². The molecule has 0 amide bonds. The van der Waals surface area contributed by atoms with Gasteiger partial charge in [-0.05, 0) is 23.7 Å². The van der Waals surface area contributed by atoms with E-state index in [2.05, 4.69) is 5.32 Å². The minimum Gasteiger partial charge on any atom is -0.363 e. The van der Waals surface area contributed by atoms with Crippen molar-refractivity contribution in [1.29, 1.82) is 0 Å². The van der Waals surface area contributed by atoms with Crippen LogP contribution in [0.1, 0.15) is 21.3 Å². The summed E-state index contributed by atoms with van der Waals surface area (Å²) in [5.74, 6) is -2.68. The summed E-state index contributed by atoms with van der Waals surface area (Å²) in [4.78, 5) is 13.4. The molecule has 2 aromatic rings. The summed E-state index contributed by atoms with van der Waals surface area (Å²) in [7, 11) is 0. The maximum Gasteiger partial charge on any atom is 0.437 e. The van der Waals surface area contributed by atoms with Gasteiger partial charge in [-0.15, -0.1) is 11.3 Å². The number of nitrogens with one attached hydrogen (secondary N) is 2. The van der Waals surface area contributed by atoms with Gasteiger partial charge in [0, 0.05) is 10.4 Å². The molecule has 0 radical (unpaired) electrons. The molecular formula is C16H13F3N2O2S2. The Morgan fingerprint density at radius 3 is 2.44 bits per heavy atom. The smallest absolute Gasteiger partial charge is 0.363 e. The van der Waals surface area contributed by atoms with Crippen LogP contribution < -0.4 is 10.6 Å². The van der Waals surface area contributed by atoms with Crippen LogP contribution in [0.25, 0.3) is 0 Å². The Hall–Kier alpha value is -1.97. The Labute approximate surface area is 150 Å². The van der Waals surface area contributed by atoms with Crippen LogP contribution in [0, 0.1) is 5.92 Å². The second kappa shape index (κ2) is 6.40. The van der Waals surface area contributed by atoms with Crippen molar-refractivity contribution in [2.75, 3.05) is 0 Å². The highest BCUT2D eigenvalue weighted by Gasteiger charge is 2.65. The van der Waals surface area contributed by atoms with Gasteiger partial charge in [0.2, 0.25) is 5.72 Å². The van der Waals surface area contributed by atoms with E-state index in [9.17, 15) is 23.1 Å². The van der Waals surface area contributed by atoms with E-state index in [1.807, 2.05) is 5.32 Å². The molecule has 0 bridgehead atoms. The molecular weight excluding hydrogens is 373 g/mol. The average molecular weight is 386 g/mol. The Bertz CT molecular complexity index is 780. The highest BCUT2D eigenvalue weighted by atomic mass is 32.1. The number of thiophene rings is 1. The third-order valence-corrected chi connectivity index (χ3v) is 5.17. The highest BCUT2D eigenvalue weighted by molar-refractivity contribution is 7.80. The van der Waals surface area contributed by atoms with Crippen LogP contribution in [0.2, 0.25) is 0 Å². The molecule has 1 aromatic carbocycles. The number of thiocarbonyl (C=S) groups is 1. The second-order valence-electron chi connectivity index (χ2n) is 5.56. The van der Waals surface area contributed by atoms with E-state index in [1.54, 1.807) is 35.7 Å². The van der Waals surface area contributed by atoms with Gasteiger partial charge in [0.1, 0.15) is 5.92 Å². The molecule has 4 nitrogen and oxygen atoms in total. The molecule has 0 unspecified atom stereocenters. The van der Waals surface area contributed by atoms with Crippen molar-refractivity contribution < 1.29 is 23.1 Å². The molecule has 25 heavy (non-hydrogen) atoms. The third-order valence-electron chi connectivity index (χ3n) is 4.00. The SMILES string of the molecule is O=C(c1ccccc1)[C@@H]1[C@H](c2cccs2)NC(=S)N[C@@]1(O)C(F)(F)F. The van der Waals surface area contributed by atoms with Gasteiger partial charge in [0.25, 0.3) is 0 Å². The first kappa shape index (κ1) is 17.8. The summed E-state index contributed by atoms with van der Waals surface area (Å²) in [6, 6.07) is 9.73. The van der Waals surface area contributed by atoms with Crippen molar-refractivity contribution in [2.24, 2.45) is 5.92 Å². The molecule has 0 spiro atoms. The van der Waals surface area contributed by atoms with Gasteiger partial charge in [-0.2, -0.15) is 13.2 Å². The molecule has 0 saturated carbocycles. The number of aliphatic hydroxyl groups is 1. The lowest BCUT2D eigenvalue weighted by Crippen LogP contribution is -2.72. The van der Waals surface area contributed by atoms with E-state index in [0.29, 0.717) is 4.88 Å². The lowest BCUT2D eigenvalue weighted by molar-refractivity contribution is -0.285. The number of alkyl halides is 3. The van der Waals surface area contributed by atoms with Crippen molar-refractivity contribution in [3.05, 3.63) is 58.3 Å². The maximum atomic E-state index is 13.7. The number of benzene rings is 1. The van der Waals surface area contributed by atoms with E-state index >= 15 is 0 Å². The van der Waals surface area contributed by atoms with E-state index < -0.39 is 29.6 Å². The number of rotatable bonds is 3. The first-order valence-corrected chi connectivity index (χ1v) is 8.53. The molecule has 1 aliphatic rings. The first-order chi connectivity index (χ1) is 11.7. The van der Waals surface area contributed by atoms with Gasteiger partial charge >= 0.3 is 6.18 Å². The van der Waals surface area contributed by atoms with Crippen molar-refractivity contribution in [2.45, 2.75) is 17.9 Å². The van der Waals surface area contributed by atoms with Gasteiger partial charge in [0.15, 0.2) is 10.9 Å². The minimum absolute atomic E-state index is 0.0770. The summed E-state index contributed by atoms with van der Waals surface area (Å²) < 4.78 is 41.1. The standard InChI is InChI=1S/C16H13F3N2O2S2/c17-16(18,19)15(23)11(13(22)9-5-2-1-3-6-9)12(20-14(24)21-15)10-7-4-8-25-10/h1-8,11-12,23H,(H2,20,21,24)/t11-,12-,15-/m0/s1. The second-order valence-corrected chi connectivity index (χ2v) is 6.95. The zero-order valence-electron chi connectivity index (χ0n) is 12.6. The van der Waals surface area contributed by atoms with Crippen molar-refractivity contribution in [3.63, 3.8) is 0 Å². The van der Waals surface area contributed by atoms with Crippen LogP contribution in [-0.4, -0.2) is 27.9 Å². The van der Waals surface area contributed by atoms with E-state index in [1.165, 1.54) is 23.5 Å². The summed E-state index contributed by atoms with van der Waals surface area (Å²) >= 11 is 6.02. The molecule has 1 aliphatic heterocycles. The van der Waals surface area contributed by atoms with Crippen LogP contribution in [-0.2, 0) is 0 Å². The molecule has 132 valence electrons. The third kappa shape index (κ3) is 3.14. The number of hydrogen-bond donors (Lipinski definition) is 3. The highest BCUT2D eigenvalue weighted by Crippen LogP contribution is 2.44. The fourth-order valence-electron chi connectivity index (χ4n) is 2.83. The van der Waals surface area contributed by atoms with Crippen molar-refractivity contribution >= 4 is 34.5 Å². The van der Waals surface area contributed by atoms with E-state index in [-0.39, 0.29) is 10.7 Å². The molecule has 9 heteroatoms. The molecule has 1 aromatic heterocycles. The molecule has 0 aliphatic carbocycles. The summed E-state index contributed by atoms with van der Waals surface area (Å²) in [5.41, 5.74) is -3.40. The normalized spacial score (nSPS) is 26.6. The van der Waals surface area contributed by atoms with Gasteiger partial charge < -0.3 is 15.7 Å². The van der Waals surface area contributed by atoms with Crippen LogP contribution in [0.4, 0.5) is 13.2 Å². The van der Waals surface area contributed by atoms with Crippen LogP contribution in [0.15, 0.2) is 47.8 Å². The fourth-order valence-corrected chi connectivity index (χ4v) is 3.92. The quantitative estimate of drug-likeness (QED) is 0.559. The molecule has 1 saturated heterocycles. The van der Waals surface area contributed by atoms with Crippen LogP contribution in [0.3, 0.4) is 0 Å². The number of carbonyl (C=O) groups is 1. The molecule has 1 fully saturated rings. The van der Waals surface area contributed by atoms with Crippen molar-refractivity contribution in [3.8, 4) is 0 Å². The zero-order chi connectivity index (χ0) is 18.2. The largest absolute Gasteiger partial charge is 0.437 e. The molecule has 3 N–H and O–H groups in total. The van der Waals surface area contributed by atoms with E-state index in [4.69, 9.17) is 12.2 Å². The minimum atomic E-state index is -5.11. The Kier molecular flexibility index (Phi) is 4.56. The number of ketones is 1. The number of Topliss-reactive ketones (excluding diaryl/α,β-unsaturated/α-hetero) is 1. The monoisotopic (exact) mass is 386 g/mol. The molecule has 2 heterocycles. The zero-order valence-corrected chi connectivity index (χ0v) is 14.2. The lowest BCUT2D eigenvalue weighted by Gasteiger charge is -2.45. The summed E-state index contributed by atoms with van der Waals surface area (Å²) in [6.45, 7) is 0. The lowest BCUT2D eigenvalue weighted by atomic mass is 9.79. The number of halogens is 3. The Morgan fingerprint density at radius 1 is 1.20 bits per heavy atom.